The fraction of sp³-hybridized carbons (Fsp3) is 0.714. The van der Waals surface area contributed by atoms with E-state index in [0.717, 1.165) is 42.5 Å². The summed E-state index contributed by atoms with van der Waals surface area (Å²) in [7, 11) is 0. The minimum absolute atomic E-state index is 0.332. The molecule has 1 aromatic rings. The van der Waals surface area contributed by atoms with Crippen LogP contribution < -0.4 is 4.90 Å². The van der Waals surface area contributed by atoms with Gasteiger partial charge in [-0.2, -0.15) is 11.8 Å². The van der Waals surface area contributed by atoms with Gasteiger partial charge in [-0.3, -0.25) is 4.79 Å². The maximum atomic E-state index is 11.2. The molecule has 1 atom stereocenters. The quantitative estimate of drug-likeness (QED) is 0.910. The van der Waals surface area contributed by atoms with Crippen LogP contribution in [0.1, 0.15) is 43.2 Å². The maximum absolute atomic E-state index is 11.2. The predicted octanol–water partition coefficient (Wildman–Crippen LogP) is 2.98. The normalized spacial score (nSPS) is 25.3. The van der Waals surface area contributed by atoms with Crippen LogP contribution in [-0.4, -0.2) is 39.6 Å². The molecule has 2 aliphatic rings. The van der Waals surface area contributed by atoms with Crippen molar-refractivity contribution in [1.29, 1.82) is 0 Å². The third-order valence-electron chi connectivity index (χ3n) is 4.11. The number of nitrogens with zero attached hydrogens (tertiary/aromatic N) is 2. The molecule has 1 aromatic heterocycles. The molecule has 3 rings (SSSR count). The second kappa shape index (κ2) is 5.22. The molecule has 0 bridgehead atoms. The fourth-order valence-corrected chi connectivity index (χ4v) is 5.09. The molecule has 1 saturated heterocycles. The molecule has 1 aliphatic carbocycles. The molecular weight excluding hydrogens is 292 g/mol. The van der Waals surface area contributed by atoms with Crippen molar-refractivity contribution in [3.05, 3.63) is 10.6 Å². The summed E-state index contributed by atoms with van der Waals surface area (Å²) in [6, 6.07) is 0. The van der Waals surface area contributed by atoms with Crippen molar-refractivity contribution < 1.29 is 9.90 Å². The first-order chi connectivity index (χ1) is 9.46. The van der Waals surface area contributed by atoms with Crippen molar-refractivity contribution in [2.24, 2.45) is 0 Å². The van der Waals surface area contributed by atoms with Crippen LogP contribution in [0.5, 0.6) is 0 Å². The van der Waals surface area contributed by atoms with Gasteiger partial charge in [-0.15, -0.1) is 11.3 Å². The standard InChI is InChI=1S/C14H20N2O2S2/c1-14(2)5-6-16(7-8-19-14)13-15-11-9(12(17)18)3-4-10(11)20-13/h9H,3-8H2,1-2H3,(H,17,18). The molecule has 1 fully saturated rings. The molecule has 1 N–H and O–H groups in total. The Balaban J connectivity index is 1.79. The van der Waals surface area contributed by atoms with Gasteiger partial charge in [-0.1, -0.05) is 13.8 Å². The van der Waals surface area contributed by atoms with Crippen molar-refractivity contribution in [3.8, 4) is 0 Å². The first kappa shape index (κ1) is 14.2. The lowest BCUT2D eigenvalue weighted by Gasteiger charge is -2.22. The number of carboxylic acids is 1. The Morgan fingerprint density at radius 2 is 2.25 bits per heavy atom. The van der Waals surface area contributed by atoms with E-state index >= 15 is 0 Å². The average Bonchev–Trinajstić information content (AvgIpc) is 2.87. The molecule has 1 aliphatic heterocycles. The fourth-order valence-electron chi connectivity index (χ4n) is 2.80. The third-order valence-corrected chi connectivity index (χ3v) is 6.68. The minimum Gasteiger partial charge on any atom is -0.481 e. The summed E-state index contributed by atoms with van der Waals surface area (Å²) < 4.78 is 0.332. The SMILES string of the molecule is CC1(C)CCN(c2nc3c(s2)CCC3C(=O)O)CCS1. The van der Waals surface area contributed by atoms with Crippen LogP contribution in [0.4, 0.5) is 5.13 Å². The zero-order valence-electron chi connectivity index (χ0n) is 11.9. The van der Waals surface area contributed by atoms with E-state index in [-0.39, 0.29) is 5.92 Å². The Morgan fingerprint density at radius 3 is 3.00 bits per heavy atom. The summed E-state index contributed by atoms with van der Waals surface area (Å²) in [5.41, 5.74) is 0.827. The number of carbonyl (C=O) groups is 1. The number of hydrogen-bond donors (Lipinski definition) is 1. The van der Waals surface area contributed by atoms with Gasteiger partial charge in [0.1, 0.15) is 5.92 Å². The summed E-state index contributed by atoms with van der Waals surface area (Å²) in [5, 5.41) is 10.3. The largest absolute Gasteiger partial charge is 0.481 e. The van der Waals surface area contributed by atoms with Gasteiger partial charge >= 0.3 is 5.97 Å². The Labute approximate surface area is 127 Å². The highest BCUT2D eigenvalue weighted by molar-refractivity contribution is 8.00. The van der Waals surface area contributed by atoms with E-state index in [1.54, 1.807) is 11.3 Å². The highest BCUT2D eigenvalue weighted by Crippen LogP contribution is 2.40. The molecular formula is C14H20N2O2S2. The van der Waals surface area contributed by atoms with E-state index in [1.807, 2.05) is 11.8 Å². The molecule has 6 heteroatoms. The van der Waals surface area contributed by atoms with Gasteiger partial charge < -0.3 is 10.0 Å². The molecule has 2 heterocycles. The predicted molar refractivity (Wildman–Crippen MR) is 84.2 cm³/mol. The summed E-state index contributed by atoms with van der Waals surface area (Å²) in [5.74, 6) is 0.000488. The van der Waals surface area contributed by atoms with E-state index in [4.69, 9.17) is 0 Å². The smallest absolute Gasteiger partial charge is 0.312 e. The molecule has 0 saturated carbocycles. The summed E-state index contributed by atoms with van der Waals surface area (Å²) in [4.78, 5) is 19.4. The molecule has 0 radical (unpaired) electrons. The number of aromatic nitrogens is 1. The van der Waals surface area contributed by atoms with Crippen molar-refractivity contribution in [1.82, 2.24) is 4.98 Å². The van der Waals surface area contributed by atoms with Gasteiger partial charge in [0.25, 0.3) is 0 Å². The van der Waals surface area contributed by atoms with Gasteiger partial charge in [0, 0.05) is 28.5 Å². The maximum Gasteiger partial charge on any atom is 0.312 e. The van der Waals surface area contributed by atoms with Crippen LogP contribution in [0.3, 0.4) is 0 Å². The second-order valence-corrected chi connectivity index (χ2v) is 8.94. The van der Waals surface area contributed by atoms with Crippen molar-refractivity contribution in [2.45, 2.75) is 43.8 Å². The molecule has 110 valence electrons. The van der Waals surface area contributed by atoms with Crippen LogP contribution in [-0.2, 0) is 11.2 Å². The first-order valence-corrected chi connectivity index (χ1v) is 8.88. The van der Waals surface area contributed by atoms with Gasteiger partial charge in [0.05, 0.1) is 5.69 Å². The number of aliphatic carboxylic acids is 1. The van der Waals surface area contributed by atoms with E-state index in [0.29, 0.717) is 11.2 Å². The lowest BCUT2D eigenvalue weighted by atomic mass is 10.1. The number of fused-ring (bicyclic) bond motifs is 1. The summed E-state index contributed by atoms with van der Waals surface area (Å²) in [6.07, 6.45) is 2.73. The van der Waals surface area contributed by atoms with Gasteiger partial charge in [-0.25, -0.2) is 4.98 Å². The van der Waals surface area contributed by atoms with Gasteiger partial charge in [0.15, 0.2) is 5.13 Å². The highest BCUT2D eigenvalue weighted by Gasteiger charge is 2.34. The van der Waals surface area contributed by atoms with Gasteiger partial charge in [-0.05, 0) is 19.3 Å². The van der Waals surface area contributed by atoms with Crippen LogP contribution in [0.2, 0.25) is 0 Å². The first-order valence-electron chi connectivity index (χ1n) is 7.07. The van der Waals surface area contributed by atoms with E-state index in [1.165, 1.54) is 4.88 Å². The summed E-state index contributed by atoms with van der Waals surface area (Å²) >= 11 is 3.72. The topological polar surface area (TPSA) is 53.4 Å². The van der Waals surface area contributed by atoms with Crippen molar-refractivity contribution in [2.75, 3.05) is 23.7 Å². The zero-order chi connectivity index (χ0) is 14.3. The highest BCUT2D eigenvalue weighted by atomic mass is 32.2. The Morgan fingerprint density at radius 1 is 1.45 bits per heavy atom. The number of anilines is 1. The monoisotopic (exact) mass is 312 g/mol. The lowest BCUT2D eigenvalue weighted by molar-refractivity contribution is -0.138. The Hall–Kier alpha value is -0.750. The number of carboxylic acid groups (broad SMARTS) is 1. The number of rotatable bonds is 2. The Kier molecular flexibility index (Phi) is 3.71. The van der Waals surface area contributed by atoms with Crippen LogP contribution in [0, 0.1) is 0 Å². The van der Waals surface area contributed by atoms with Gasteiger partial charge in [0.2, 0.25) is 0 Å². The number of hydrogen-bond acceptors (Lipinski definition) is 5. The zero-order valence-corrected chi connectivity index (χ0v) is 13.5. The van der Waals surface area contributed by atoms with Crippen molar-refractivity contribution >= 4 is 34.2 Å². The van der Waals surface area contributed by atoms with Crippen LogP contribution in [0.25, 0.3) is 0 Å². The molecule has 20 heavy (non-hydrogen) atoms. The van der Waals surface area contributed by atoms with E-state index < -0.39 is 5.97 Å². The lowest BCUT2D eigenvalue weighted by Crippen LogP contribution is -2.27. The van der Waals surface area contributed by atoms with Crippen LogP contribution >= 0.6 is 23.1 Å². The molecule has 4 nitrogen and oxygen atoms in total. The van der Waals surface area contributed by atoms with E-state index in [9.17, 15) is 9.90 Å². The molecule has 0 aromatic carbocycles. The summed E-state index contributed by atoms with van der Waals surface area (Å²) in [6.45, 7) is 6.62. The minimum atomic E-state index is -0.729. The van der Waals surface area contributed by atoms with Crippen LogP contribution in [0.15, 0.2) is 0 Å². The molecule has 0 amide bonds. The van der Waals surface area contributed by atoms with E-state index in [2.05, 4.69) is 23.7 Å². The van der Waals surface area contributed by atoms with Crippen molar-refractivity contribution in [3.63, 3.8) is 0 Å². The number of aryl methyl sites for hydroxylation is 1. The second-order valence-electron chi connectivity index (χ2n) is 6.08. The average molecular weight is 312 g/mol. The Bertz CT molecular complexity index is 527. The number of thioether (sulfide) groups is 1. The molecule has 1 unspecified atom stereocenters. The number of thiazole rings is 1. The third kappa shape index (κ3) is 2.68. The molecule has 0 spiro atoms.